The van der Waals surface area contributed by atoms with E-state index in [0.29, 0.717) is 22.6 Å². The molecule has 0 fully saturated rings. The van der Waals surface area contributed by atoms with Crippen molar-refractivity contribution in [2.24, 2.45) is 0 Å². The van der Waals surface area contributed by atoms with Crippen molar-refractivity contribution >= 4 is 17.6 Å². The van der Waals surface area contributed by atoms with Crippen molar-refractivity contribution in [1.29, 1.82) is 0 Å². The molecule has 0 spiro atoms. The quantitative estimate of drug-likeness (QED) is 0.687. The van der Waals surface area contributed by atoms with Crippen LogP contribution < -0.4 is 5.32 Å². The highest BCUT2D eigenvalue weighted by molar-refractivity contribution is 6.08. The van der Waals surface area contributed by atoms with Crippen molar-refractivity contribution in [2.75, 3.05) is 12.4 Å². The summed E-state index contributed by atoms with van der Waals surface area (Å²) >= 11 is 0. The van der Waals surface area contributed by atoms with Crippen molar-refractivity contribution in [3.05, 3.63) is 70.8 Å². The van der Waals surface area contributed by atoms with Crippen LogP contribution in [0.2, 0.25) is 0 Å². The maximum atomic E-state index is 12.7. The number of benzene rings is 2. The molecule has 28 heavy (non-hydrogen) atoms. The Morgan fingerprint density at radius 1 is 1.11 bits per heavy atom. The molecule has 2 aromatic carbocycles. The van der Waals surface area contributed by atoms with E-state index in [9.17, 15) is 9.59 Å². The van der Waals surface area contributed by atoms with Gasteiger partial charge < -0.3 is 10.1 Å². The molecule has 0 aliphatic rings. The van der Waals surface area contributed by atoms with Gasteiger partial charge in [-0.05, 0) is 62.2 Å². The van der Waals surface area contributed by atoms with Gasteiger partial charge in [0, 0.05) is 5.56 Å². The highest BCUT2D eigenvalue weighted by atomic mass is 16.5. The molecule has 1 N–H and O–H groups in total. The number of nitrogens with zero attached hydrogens (tertiary/aromatic N) is 3. The van der Waals surface area contributed by atoms with Crippen LogP contribution in [-0.4, -0.2) is 33.8 Å². The molecular weight excluding hydrogens is 356 g/mol. The Hall–Kier alpha value is -3.48. The van der Waals surface area contributed by atoms with Crippen LogP contribution in [0, 0.1) is 13.8 Å². The lowest BCUT2D eigenvalue weighted by atomic mass is 10.1. The van der Waals surface area contributed by atoms with Crippen LogP contribution in [0.1, 0.15) is 44.9 Å². The fourth-order valence-electron chi connectivity index (χ4n) is 2.91. The summed E-state index contributed by atoms with van der Waals surface area (Å²) in [7, 11) is 1.32. The van der Waals surface area contributed by atoms with Gasteiger partial charge in [-0.3, -0.25) is 4.79 Å². The monoisotopic (exact) mass is 378 g/mol. The number of hydrogen-bond donors (Lipinski definition) is 1. The number of esters is 1. The lowest BCUT2D eigenvalue weighted by Gasteiger charge is -2.12. The second-order valence-corrected chi connectivity index (χ2v) is 6.34. The van der Waals surface area contributed by atoms with Crippen molar-refractivity contribution < 1.29 is 14.3 Å². The predicted octanol–water partition coefficient (Wildman–Crippen LogP) is 3.49. The number of carbonyl (C=O) groups is 2. The highest BCUT2D eigenvalue weighted by Gasteiger charge is 2.16. The van der Waals surface area contributed by atoms with E-state index in [4.69, 9.17) is 4.74 Å². The predicted molar refractivity (Wildman–Crippen MR) is 106 cm³/mol. The Morgan fingerprint density at radius 2 is 1.82 bits per heavy atom. The summed E-state index contributed by atoms with van der Waals surface area (Å²) in [5.41, 5.74) is 3.02. The molecule has 7 nitrogen and oxygen atoms in total. The first kappa shape index (κ1) is 19.3. The number of methoxy groups -OCH3 is 1. The van der Waals surface area contributed by atoms with Gasteiger partial charge in [0.05, 0.1) is 24.0 Å². The van der Waals surface area contributed by atoms with E-state index >= 15 is 0 Å². The van der Waals surface area contributed by atoms with Crippen molar-refractivity contribution in [2.45, 2.75) is 27.2 Å². The zero-order valence-corrected chi connectivity index (χ0v) is 16.3. The zero-order valence-electron chi connectivity index (χ0n) is 16.3. The van der Waals surface area contributed by atoms with Crippen LogP contribution in [0.4, 0.5) is 5.69 Å². The van der Waals surface area contributed by atoms with E-state index < -0.39 is 5.97 Å². The number of hydrogen-bond acceptors (Lipinski definition) is 5. The topological polar surface area (TPSA) is 86.1 Å². The Morgan fingerprint density at radius 3 is 2.39 bits per heavy atom. The smallest absolute Gasteiger partial charge is 0.339 e. The third kappa shape index (κ3) is 3.93. The van der Waals surface area contributed by atoms with E-state index in [1.165, 1.54) is 7.11 Å². The maximum Gasteiger partial charge on any atom is 0.339 e. The lowest BCUT2D eigenvalue weighted by Crippen LogP contribution is -2.16. The number of nitrogens with one attached hydrogen (secondary N) is 1. The first-order chi connectivity index (χ1) is 13.4. The fraction of sp³-hybridized carbons (Fsp3) is 0.238. The minimum Gasteiger partial charge on any atom is -0.465 e. The molecule has 144 valence electrons. The zero-order chi connectivity index (χ0) is 20.3. The second-order valence-electron chi connectivity index (χ2n) is 6.34. The standard InChI is InChI=1S/C21H22N4O3/c1-5-15-6-11-19(18(12-15)21(27)28-4)23-20(26)16-7-9-17(10-8-16)25-14(3)22-13(2)24-25/h6-12H,5H2,1-4H3,(H,23,26). The van der Waals surface area contributed by atoms with Crippen LogP contribution in [0.25, 0.3) is 5.69 Å². The molecule has 7 heteroatoms. The average Bonchev–Trinajstić information content (AvgIpc) is 3.05. The molecule has 0 saturated heterocycles. The summed E-state index contributed by atoms with van der Waals surface area (Å²) in [5.74, 6) is 0.657. The molecule has 0 radical (unpaired) electrons. The second kappa shape index (κ2) is 8.04. The van der Waals surface area contributed by atoms with Gasteiger partial charge in [-0.25, -0.2) is 14.5 Å². The number of amides is 1. The Kier molecular flexibility index (Phi) is 5.54. The third-order valence-electron chi connectivity index (χ3n) is 4.39. The van der Waals surface area contributed by atoms with Crippen molar-refractivity contribution in [3.8, 4) is 5.69 Å². The molecule has 0 saturated carbocycles. The van der Waals surface area contributed by atoms with Crippen LogP contribution in [0.3, 0.4) is 0 Å². The Labute approximate surface area is 163 Å². The average molecular weight is 378 g/mol. The molecule has 0 aliphatic carbocycles. The number of anilines is 1. The van der Waals surface area contributed by atoms with Crippen LogP contribution in [0.15, 0.2) is 42.5 Å². The number of carbonyl (C=O) groups excluding carboxylic acids is 2. The van der Waals surface area contributed by atoms with E-state index in [2.05, 4.69) is 15.4 Å². The molecule has 0 aliphatic heterocycles. The number of aryl methyl sites for hydroxylation is 3. The minimum atomic E-state index is -0.488. The van der Waals surface area contributed by atoms with Crippen LogP contribution in [-0.2, 0) is 11.2 Å². The first-order valence-electron chi connectivity index (χ1n) is 8.96. The van der Waals surface area contributed by atoms with Gasteiger partial charge in [-0.2, -0.15) is 5.10 Å². The number of aromatic nitrogens is 3. The molecular formula is C21H22N4O3. The summed E-state index contributed by atoms with van der Waals surface area (Å²) in [5, 5.41) is 7.13. The largest absolute Gasteiger partial charge is 0.465 e. The van der Waals surface area contributed by atoms with Gasteiger partial charge in [-0.15, -0.1) is 0 Å². The van der Waals surface area contributed by atoms with Gasteiger partial charge in [0.25, 0.3) is 5.91 Å². The molecule has 0 bridgehead atoms. The van der Waals surface area contributed by atoms with E-state index in [1.807, 2.05) is 26.8 Å². The van der Waals surface area contributed by atoms with Crippen LogP contribution >= 0.6 is 0 Å². The Bertz CT molecular complexity index is 1020. The molecule has 3 aromatic rings. The van der Waals surface area contributed by atoms with E-state index in [-0.39, 0.29) is 5.91 Å². The van der Waals surface area contributed by atoms with E-state index in [1.54, 1.807) is 41.1 Å². The molecule has 0 atom stereocenters. The molecule has 3 rings (SSSR count). The molecule has 1 heterocycles. The van der Waals surface area contributed by atoms with E-state index in [0.717, 1.165) is 23.5 Å². The summed E-state index contributed by atoms with van der Waals surface area (Å²) < 4.78 is 6.55. The SMILES string of the molecule is CCc1ccc(NC(=O)c2ccc(-n3nc(C)nc3C)cc2)c(C(=O)OC)c1. The summed E-state index contributed by atoms with van der Waals surface area (Å²) in [6.07, 6.45) is 0.779. The van der Waals surface area contributed by atoms with Gasteiger partial charge in [-0.1, -0.05) is 13.0 Å². The van der Waals surface area contributed by atoms with Crippen LogP contribution in [0.5, 0.6) is 0 Å². The number of rotatable bonds is 5. The third-order valence-corrected chi connectivity index (χ3v) is 4.39. The Balaban J connectivity index is 1.83. The maximum absolute atomic E-state index is 12.7. The normalized spacial score (nSPS) is 10.6. The first-order valence-corrected chi connectivity index (χ1v) is 8.96. The van der Waals surface area contributed by atoms with Gasteiger partial charge in [0.1, 0.15) is 11.6 Å². The minimum absolute atomic E-state index is 0.313. The van der Waals surface area contributed by atoms with Crippen molar-refractivity contribution in [3.63, 3.8) is 0 Å². The summed E-state index contributed by atoms with van der Waals surface area (Å²) in [6, 6.07) is 12.4. The van der Waals surface area contributed by atoms with Gasteiger partial charge >= 0.3 is 5.97 Å². The molecule has 1 aromatic heterocycles. The number of ether oxygens (including phenoxy) is 1. The molecule has 0 unspecified atom stereocenters. The summed E-state index contributed by atoms with van der Waals surface area (Å²) in [6.45, 7) is 5.69. The highest BCUT2D eigenvalue weighted by Crippen LogP contribution is 2.20. The lowest BCUT2D eigenvalue weighted by molar-refractivity contribution is 0.0602. The van der Waals surface area contributed by atoms with Crippen molar-refractivity contribution in [1.82, 2.24) is 14.8 Å². The summed E-state index contributed by atoms with van der Waals surface area (Å²) in [4.78, 5) is 29.0. The van der Waals surface area contributed by atoms with Gasteiger partial charge in [0.2, 0.25) is 0 Å². The fourth-order valence-corrected chi connectivity index (χ4v) is 2.91. The molecule has 1 amide bonds. The van der Waals surface area contributed by atoms with Gasteiger partial charge in [0.15, 0.2) is 0 Å².